The predicted octanol–water partition coefficient (Wildman–Crippen LogP) is 5.81. The molecule has 0 radical (unpaired) electrons. The van der Waals surface area contributed by atoms with Gasteiger partial charge in [-0.05, 0) is 32.1 Å². The number of unbranched alkanes of at least 4 members (excludes halogenated alkanes) is 8. The summed E-state index contributed by atoms with van der Waals surface area (Å²) in [5.74, 6) is 0.984. The van der Waals surface area contributed by atoms with Crippen molar-refractivity contribution in [3.8, 4) is 0 Å². The van der Waals surface area contributed by atoms with E-state index >= 15 is 0 Å². The lowest BCUT2D eigenvalue weighted by atomic mass is 10.1. The molecule has 140 valence electrons. The summed E-state index contributed by atoms with van der Waals surface area (Å²) < 4.78 is 5.53. The second-order valence-corrected chi connectivity index (χ2v) is 6.99. The minimum Gasteiger partial charge on any atom is -0.481 e. The van der Waals surface area contributed by atoms with Crippen molar-refractivity contribution in [2.45, 2.75) is 103 Å². The number of aliphatic hydroxyl groups excluding tert-OH is 1. The third kappa shape index (κ3) is 12.6. The van der Waals surface area contributed by atoms with E-state index in [-0.39, 0.29) is 6.10 Å². The maximum atomic E-state index is 9.88. The molecule has 1 heterocycles. The molecule has 0 spiro atoms. The number of hydrogen-bond acceptors (Lipinski definition) is 3. The molecule has 0 aromatic carbocycles. The summed E-state index contributed by atoms with van der Waals surface area (Å²) >= 11 is 0. The van der Waals surface area contributed by atoms with Crippen LogP contribution in [0.25, 0.3) is 0 Å². The van der Waals surface area contributed by atoms with Crippen molar-refractivity contribution in [3.05, 3.63) is 12.2 Å². The lowest BCUT2D eigenvalue weighted by molar-refractivity contribution is 0.163. The van der Waals surface area contributed by atoms with E-state index in [1.54, 1.807) is 0 Å². The van der Waals surface area contributed by atoms with Crippen molar-refractivity contribution >= 4 is 5.90 Å². The molecule has 0 bridgehead atoms. The monoisotopic (exact) mass is 337 g/mol. The van der Waals surface area contributed by atoms with Crippen molar-refractivity contribution < 1.29 is 9.84 Å². The summed E-state index contributed by atoms with van der Waals surface area (Å²) in [5.41, 5.74) is 0. The van der Waals surface area contributed by atoms with Crippen LogP contribution in [0.3, 0.4) is 0 Å². The first-order valence-corrected chi connectivity index (χ1v) is 10.3. The summed E-state index contributed by atoms with van der Waals surface area (Å²) in [6.07, 6.45) is 20.7. The molecule has 0 aliphatic carbocycles. The molecule has 0 amide bonds. The van der Waals surface area contributed by atoms with Crippen molar-refractivity contribution in [2.24, 2.45) is 4.99 Å². The fourth-order valence-corrected chi connectivity index (χ4v) is 3.02. The zero-order chi connectivity index (χ0) is 17.3. The van der Waals surface area contributed by atoms with Gasteiger partial charge < -0.3 is 9.84 Å². The van der Waals surface area contributed by atoms with Gasteiger partial charge in [0.15, 0.2) is 5.90 Å². The predicted molar refractivity (Wildman–Crippen MR) is 104 cm³/mol. The van der Waals surface area contributed by atoms with E-state index in [0.29, 0.717) is 0 Å². The quantitative estimate of drug-likeness (QED) is 0.302. The van der Waals surface area contributed by atoms with Gasteiger partial charge in [-0.2, -0.15) is 0 Å². The number of nitrogens with zero attached hydrogens (tertiary/aromatic N) is 1. The molecule has 24 heavy (non-hydrogen) atoms. The fraction of sp³-hybridized carbons (Fsp3) is 0.857. The first kappa shape index (κ1) is 21.2. The van der Waals surface area contributed by atoms with Crippen LogP contribution in [-0.2, 0) is 4.74 Å². The van der Waals surface area contributed by atoms with Gasteiger partial charge in [0.1, 0.15) is 0 Å². The van der Waals surface area contributed by atoms with E-state index in [4.69, 9.17) is 4.74 Å². The molecule has 3 nitrogen and oxygen atoms in total. The lowest BCUT2D eigenvalue weighted by Crippen LogP contribution is -2.13. The number of rotatable bonds is 15. The van der Waals surface area contributed by atoms with E-state index in [1.807, 2.05) is 0 Å². The Bertz CT molecular complexity index is 339. The molecule has 1 atom stereocenters. The molecular formula is C21H39NO2. The molecule has 0 saturated carbocycles. The first-order valence-electron chi connectivity index (χ1n) is 10.3. The van der Waals surface area contributed by atoms with Crippen LogP contribution in [0.1, 0.15) is 96.8 Å². The van der Waals surface area contributed by atoms with Crippen LogP contribution in [0.4, 0.5) is 0 Å². The van der Waals surface area contributed by atoms with Crippen molar-refractivity contribution in [1.82, 2.24) is 0 Å². The second kappa shape index (κ2) is 15.7. The number of allylic oxidation sites excluding steroid dienone is 1. The van der Waals surface area contributed by atoms with E-state index in [1.165, 1.54) is 57.8 Å². The Morgan fingerprint density at radius 1 is 1.04 bits per heavy atom. The van der Waals surface area contributed by atoms with Gasteiger partial charge in [-0.3, -0.25) is 4.99 Å². The topological polar surface area (TPSA) is 41.8 Å². The van der Waals surface area contributed by atoms with E-state index < -0.39 is 0 Å². The largest absolute Gasteiger partial charge is 0.481 e. The van der Waals surface area contributed by atoms with E-state index in [0.717, 1.165) is 51.2 Å². The smallest absolute Gasteiger partial charge is 0.183 e. The minimum atomic E-state index is -0.136. The van der Waals surface area contributed by atoms with Crippen LogP contribution in [0.15, 0.2) is 17.1 Å². The summed E-state index contributed by atoms with van der Waals surface area (Å²) in [5, 5.41) is 9.88. The molecule has 0 saturated heterocycles. The van der Waals surface area contributed by atoms with E-state index in [9.17, 15) is 5.11 Å². The molecule has 1 rings (SSSR count). The fourth-order valence-electron chi connectivity index (χ4n) is 3.02. The molecule has 0 fully saturated rings. The molecule has 1 N–H and O–H groups in total. The highest BCUT2D eigenvalue weighted by Crippen LogP contribution is 2.11. The molecule has 0 aromatic rings. The van der Waals surface area contributed by atoms with Crippen LogP contribution >= 0.6 is 0 Å². The third-order valence-corrected chi connectivity index (χ3v) is 4.59. The highest BCUT2D eigenvalue weighted by Gasteiger charge is 2.05. The Kier molecular flexibility index (Phi) is 13.9. The van der Waals surface area contributed by atoms with Gasteiger partial charge in [0.2, 0.25) is 0 Å². The van der Waals surface area contributed by atoms with Crippen LogP contribution in [0.5, 0.6) is 0 Å². The SMILES string of the molecule is CCCCCCC(O)CC=CCCCCCCCC1=NCCCO1. The molecule has 1 aliphatic rings. The molecular weight excluding hydrogens is 298 g/mol. The number of hydrogen-bond donors (Lipinski definition) is 1. The van der Waals surface area contributed by atoms with Crippen LogP contribution in [0.2, 0.25) is 0 Å². The summed E-state index contributed by atoms with van der Waals surface area (Å²) in [7, 11) is 0. The minimum absolute atomic E-state index is 0.136. The summed E-state index contributed by atoms with van der Waals surface area (Å²) in [6, 6.07) is 0. The summed E-state index contributed by atoms with van der Waals surface area (Å²) in [6.45, 7) is 4.03. The maximum absolute atomic E-state index is 9.88. The third-order valence-electron chi connectivity index (χ3n) is 4.59. The van der Waals surface area contributed by atoms with Gasteiger partial charge in [-0.15, -0.1) is 0 Å². The molecule has 1 aliphatic heterocycles. The average Bonchev–Trinajstić information content (AvgIpc) is 2.61. The molecule has 0 aromatic heterocycles. The Labute approximate surface area is 149 Å². The van der Waals surface area contributed by atoms with Crippen molar-refractivity contribution in [1.29, 1.82) is 0 Å². The normalized spacial score (nSPS) is 16.2. The van der Waals surface area contributed by atoms with Gasteiger partial charge >= 0.3 is 0 Å². The second-order valence-electron chi connectivity index (χ2n) is 6.99. The van der Waals surface area contributed by atoms with Crippen molar-refractivity contribution in [3.63, 3.8) is 0 Å². The summed E-state index contributed by atoms with van der Waals surface area (Å²) in [4.78, 5) is 4.40. The Hall–Kier alpha value is -0.830. The van der Waals surface area contributed by atoms with Crippen LogP contribution in [-0.4, -0.2) is 30.3 Å². The van der Waals surface area contributed by atoms with Gasteiger partial charge in [-0.25, -0.2) is 0 Å². The Morgan fingerprint density at radius 2 is 1.83 bits per heavy atom. The lowest BCUT2D eigenvalue weighted by Gasteiger charge is -2.13. The highest BCUT2D eigenvalue weighted by atomic mass is 16.5. The Morgan fingerprint density at radius 3 is 2.62 bits per heavy atom. The van der Waals surface area contributed by atoms with Crippen LogP contribution < -0.4 is 0 Å². The maximum Gasteiger partial charge on any atom is 0.183 e. The van der Waals surface area contributed by atoms with Gasteiger partial charge in [0.25, 0.3) is 0 Å². The Balaban J connectivity index is 1.83. The number of aliphatic imine (C=N–C) groups is 1. The van der Waals surface area contributed by atoms with Gasteiger partial charge in [0, 0.05) is 19.4 Å². The number of aliphatic hydroxyl groups is 1. The standard InChI is InChI=1S/C21H39NO2/c1-2-3-4-11-15-20(23)16-12-9-7-5-6-8-10-13-17-21-22-18-14-19-24-21/h9,12,20,23H,2-8,10-11,13-19H2,1H3. The van der Waals surface area contributed by atoms with Gasteiger partial charge in [-0.1, -0.05) is 64.0 Å². The molecule has 1 unspecified atom stereocenters. The average molecular weight is 338 g/mol. The zero-order valence-electron chi connectivity index (χ0n) is 15.8. The van der Waals surface area contributed by atoms with Gasteiger partial charge in [0.05, 0.1) is 12.7 Å². The van der Waals surface area contributed by atoms with Crippen LogP contribution in [0, 0.1) is 0 Å². The zero-order valence-corrected chi connectivity index (χ0v) is 15.8. The molecule has 3 heteroatoms. The number of ether oxygens (including phenoxy) is 1. The van der Waals surface area contributed by atoms with Crippen molar-refractivity contribution in [2.75, 3.05) is 13.2 Å². The highest BCUT2D eigenvalue weighted by molar-refractivity contribution is 5.76. The first-order chi connectivity index (χ1) is 11.8. The van der Waals surface area contributed by atoms with E-state index in [2.05, 4.69) is 24.1 Å².